The highest BCUT2D eigenvalue weighted by Gasteiger charge is 2.14. The van der Waals surface area contributed by atoms with E-state index in [1.807, 2.05) is 30.3 Å². The molecule has 7 heteroatoms. The summed E-state index contributed by atoms with van der Waals surface area (Å²) < 4.78 is 18.3. The van der Waals surface area contributed by atoms with E-state index in [1.165, 1.54) is 30.4 Å². The Hall–Kier alpha value is -3.32. The molecule has 142 valence electrons. The molecule has 0 aliphatic heterocycles. The molecule has 1 N–H and O–H groups in total. The molecule has 0 radical (unpaired) electrons. The fourth-order valence-electron chi connectivity index (χ4n) is 2.37. The Morgan fingerprint density at radius 1 is 1.14 bits per heavy atom. The Morgan fingerprint density at radius 2 is 1.86 bits per heavy atom. The molecule has 2 aromatic carbocycles. The lowest BCUT2D eigenvalue weighted by Crippen LogP contribution is -2.26. The quantitative estimate of drug-likeness (QED) is 0.502. The van der Waals surface area contributed by atoms with Crippen LogP contribution in [0.15, 0.2) is 65.7 Å². The van der Waals surface area contributed by atoms with Crippen molar-refractivity contribution in [1.29, 1.82) is 0 Å². The van der Waals surface area contributed by atoms with Crippen LogP contribution in [0.1, 0.15) is 18.2 Å². The number of hydrogen-bond donors (Lipinski definition) is 1. The van der Waals surface area contributed by atoms with Crippen molar-refractivity contribution < 1.29 is 18.7 Å². The summed E-state index contributed by atoms with van der Waals surface area (Å²) in [4.78, 5) is 28.2. The number of carbonyl (C=O) groups is 2. The van der Waals surface area contributed by atoms with Crippen LogP contribution in [0.2, 0.25) is 0 Å². The third-order valence-corrected chi connectivity index (χ3v) is 4.58. The van der Waals surface area contributed by atoms with Crippen molar-refractivity contribution in [3.05, 3.63) is 82.7 Å². The average molecular weight is 396 g/mol. The monoisotopic (exact) mass is 396 g/mol. The number of hydrogen-bond acceptors (Lipinski definition) is 5. The molecule has 1 heterocycles. The molecule has 0 aliphatic carbocycles. The fraction of sp³-hybridized carbons (Fsp3) is 0.0952. The molecule has 5 nitrogen and oxygen atoms in total. The van der Waals surface area contributed by atoms with Crippen LogP contribution in [0.5, 0.6) is 0 Å². The van der Waals surface area contributed by atoms with E-state index >= 15 is 0 Å². The minimum Gasteiger partial charge on any atom is -0.454 e. The van der Waals surface area contributed by atoms with Crippen molar-refractivity contribution in [2.45, 2.75) is 13.5 Å². The van der Waals surface area contributed by atoms with E-state index in [4.69, 9.17) is 4.74 Å². The molecule has 1 amide bonds. The van der Waals surface area contributed by atoms with Crippen LogP contribution in [0.25, 0.3) is 16.6 Å². The van der Waals surface area contributed by atoms with E-state index in [1.54, 1.807) is 23.6 Å². The lowest BCUT2D eigenvalue weighted by atomic mass is 10.2. The largest absolute Gasteiger partial charge is 0.454 e. The van der Waals surface area contributed by atoms with E-state index < -0.39 is 5.97 Å². The number of rotatable bonds is 6. The van der Waals surface area contributed by atoms with Gasteiger partial charge in [-0.3, -0.25) is 4.79 Å². The van der Waals surface area contributed by atoms with Crippen LogP contribution in [-0.4, -0.2) is 16.9 Å². The Bertz CT molecular complexity index is 998. The lowest BCUT2D eigenvalue weighted by molar-refractivity contribution is -0.141. The smallest absolute Gasteiger partial charge is 0.355 e. The molecule has 0 bridgehead atoms. The summed E-state index contributed by atoms with van der Waals surface area (Å²) in [6.45, 7) is 1.28. The highest BCUT2D eigenvalue weighted by Crippen LogP contribution is 2.24. The molecule has 3 rings (SSSR count). The summed E-state index contributed by atoms with van der Waals surface area (Å²) in [7, 11) is 0. The number of nitrogens with zero attached hydrogens (tertiary/aromatic N) is 1. The maximum Gasteiger partial charge on any atom is 0.355 e. The van der Waals surface area contributed by atoms with Gasteiger partial charge in [0.2, 0.25) is 5.91 Å². The van der Waals surface area contributed by atoms with E-state index in [0.29, 0.717) is 10.7 Å². The third kappa shape index (κ3) is 5.34. The van der Waals surface area contributed by atoms with Crippen molar-refractivity contribution >= 4 is 29.3 Å². The minimum absolute atomic E-state index is 0.0394. The fourth-order valence-corrected chi connectivity index (χ4v) is 3.18. The number of amides is 1. The number of thiazole rings is 1. The Morgan fingerprint density at radius 3 is 2.54 bits per heavy atom. The molecule has 1 aromatic heterocycles. The second-order valence-corrected chi connectivity index (χ2v) is 6.74. The Balaban J connectivity index is 1.68. The number of ether oxygens (including phenoxy) is 1. The predicted molar refractivity (Wildman–Crippen MR) is 106 cm³/mol. The zero-order valence-corrected chi connectivity index (χ0v) is 15.8. The standard InChI is InChI=1S/C21H17FN2O3S/c1-14(25)23-19(11-15-5-3-2-4-6-15)21(26)27-12-18-13-28-20(24-18)16-7-9-17(22)10-8-16/h2-11,13H,12H2,1H3,(H,23,25)/b19-11-. The van der Waals surface area contributed by atoms with Crippen LogP contribution < -0.4 is 5.32 Å². The number of esters is 1. The molecule has 0 spiro atoms. The molecule has 3 aromatic rings. The van der Waals surface area contributed by atoms with Crippen LogP contribution in [-0.2, 0) is 20.9 Å². The SMILES string of the molecule is CC(=O)N/C(=C\c1ccccc1)C(=O)OCc1csc(-c2ccc(F)cc2)n1. The summed E-state index contributed by atoms with van der Waals surface area (Å²) >= 11 is 1.37. The summed E-state index contributed by atoms with van der Waals surface area (Å²) in [5.74, 6) is -1.34. The van der Waals surface area contributed by atoms with Crippen molar-refractivity contribution in [2.75, 3.05) is 0 Å². The topological polar surface area (TPSA) is 68.3 Å². The molecule has 0 atom stereocenters. The minimum atomic E-state index is -0.657. The molecule has 28 heavy (non-hydrogen) atoms. The van der Waals surface area contributed by atoms with E-state index in [-0.39, 0.29) is 24.0 Å². The molecule has 0 saturated heterocycles. The first-order chi connectivity index (χ1) is 13.5. The van der Waals surface area contributed by atoms with Crippen molar-refractivity contribution in [1.82, 2.24) is 10.3 Å². The average Bonchev–Trinajstić information content (AvgIpc) is 3.15. The zero-order valence-electron chi connectivity index (χ0n) is 15.0. The predicted octanol–water partition coefficient (Wildman–Crippen LogP) is 4.17. The first-order valence-electron chi connectivity index (χ1n) is 8.43. The lowest BCUT2D eigenvalue weighted by Gasteiger charge is -2.08. The van der Waals surface area contributed by atoms with Gasteiger partial charge in [0.05, 0.1) is 5.69 Å². The third-order valence-electron chi connectivity index (χ3n) is 3.64. The van der Waals surface area contributed by atoms with Gasteiger partial charge >= 0.3 is 5.97 Å². The number of nitrogens with one attached hydrogen (secondary N) is 1. The van der Waals surface area contributed by atoms with E-state index in [0.717, 1.165) is 11.1 Å². The maximum atomic E-state index is 13.0. The number of halogens is 1. The Kier molecular flexibility index (Phi) is 6.29. The van der Waals surface area contributed by atoms with Gasteiger partial charge in [0.15, 0.2) is 0 Å². The zero-order chi connectivity index (χ0) is 19.9. The number of aromatic nitrogens is 1. The van der Waals surface area contributed by atoms with Gasteiger partial charge < -0.3 is 10.1 Å². The first-order valence-corrected chi connectivity index (χ1v) is 9.31. The molecule has 0 fully saturated rings. The molecular weight excluding hydrogens is 379 g/mol. The van der Waals surface area contributed by atoms with Crippen molar-refractivity contribution in [3.63, 3.8) is 0 Å². The molecular formula is C21H17FN2O3S. The second-order valence-electron chi connectivity index (χ2n) is 5.88. The Labute approximate surface area is 165 Å². The van der Waals surface area contributed by atoms with Crippen LogP contribution in [0.4, 0.5) is 4.39 Å². The van der Waals surface area contributed by atoms with Gasteiger partial charge in [-0.25, -0.2) is 14.2 Å². The second kappa shape index (κ2) is 9.05. The highest BCUT2D eigenvalue weighted by atomic mass is 32.1. The van der Waals surface area contributed by atoms with E-state index in [9.17, 15) is 14.0 Å². The number of carbonyl (C=O) groups excluding carboxylic acids is 2. The van der Waals surface area contributed by atoms with Crippen molar-refractivity contribution in [2.24, 2.45) is 0 Å². The maximum absolute atomic E-state index is 13.0. The first kappa shape index (κ1) is 19.4. The number of benzene rings is 2. The summed E-state index contributed by atoms with van der Waals surface area (Å²) in [6.07, 6.45) is 1.55. The summed E-state index contributed by atoms with van der Waals surface area (Å²) in [5, 5.41) is 4.97. The van der Waals surface area contributed by atoms with Crippen LogP contribution >= 0.6 is 11.3 Å². The van der Waals surface area contributed by atoms with Gasteiger partial charge in [0.25, 0.3) is 0 Å². The normalized spacial score (nSPS) is 11.1. The van der Waals surface area contributed by atoms with Crippen LogP contribution in [0, 0.1) is 5.82 Å². The molecule has 0 saturated carbocycles. The van der Waals surface area contributed by atoms with E-state index in [2.05, 4.69) is 10.3 Å². The molecule has 0 unspecified atom stereocenters. The van der Waals surface area contributed by atoms with Gasteiger partial charge in [-0.2, -0.15) is 0 Å². The highest BCUT2D eigenvalue weighted by molar-refractivity contribution is 7.13. The van der Waals surface area contributed by atoms with Gasteiger partial charge in [-0.1, -0.05) is 30.3 Å². The van der Waals surface area contributed by atoms with Gasteiger partial charge in [0.1, 0.15) is 23.1 Å². The van der Waals surface area contributed by atoms with Gasteiger partial charge in [0, 0.05) is 17.9 Å². The summed E-state index contributed by atoms with van der Waals surface area (Å²) in [6, 6.07) is 15.1. The van der Waals surface area contributed by atoms with Gasteiger partial charge in [-0.05, 0) is 35.9 Å². The van der Waals surface area contributed by atoms with Gasteiger partial charge in [-0.15, -0.1) is 11.3 Å². The summed E-state index contributed by atoms with van der Waals surface area (Å²) in [5.41, 5.74) is 2.16. The molecule has 0 aliphatic rings. The van der Waals surface area contributed by atoms with Crippen LogP contribution in [0.3, 0.4) is 0 Å². The van der Waals surface area contributed by atoms with Crippen molar-refractivity contribution in [3.8, 4) is 10.6 Å².